The summed E-state index contributed by atoms with van der Waals surface area (Å²) >= 11 is 0. The summed E-state index contributed by atoms with van der Waals surface area (Å²) in [6, 6.07) is 0. The van der Waals surface area contributed by atoms with Gasteiger partial charge in [0.05, 0.1) is 0 Å². The molecule has 0 heterocycles. The van der Waals surface area contributed by atoms with Gasteiger partial charge >= 0.3 is 11.9 Å². The van der Waals surface area contributed by atoms with Crippen LogP contribution in [0.25, 0.3) is 0 Å². The molecule has 0 amide bonds. The molecule has 36 heavy (non-hydrogen) atoms. The summed E-state index contributed by atoms with van der Waals surface area (Å²) in [7, 11) is 0. The molecular formula is C32H52O4. The molecule has 1 N–H and O–H groups in total. The van der Waals surface area contributed by atoms with Crippen LogP contribution in [-0.2, 0) is 14.3 Å². The normalized spacial score (nSPS) is 13.2. The fourth-order valence-corrected chi connectivity index (χ4v) is 3.66. The number of carbonyl (C=O) groups excluding carboxylic acids is 1. The minimum Gasteiger partial charge on any atom is -0.481 e. The van der Waals surface area contributed by atoms with Gasteiger partial charge in [0.1, 0.15) is 6.10 Å². The van der Waals surface area contributed by atoms with Gasteiger partial charge in [-0.1, -0.05) is 107 Å². The van der Waals surface area contributed by atoms with E-state index in [1.807, 2.05) is 12.2 Å². The lowest BCUT2D eigenvalue weighted by molar-refractivity contribution is -0.147. The predicted octanol–water partition coefficient (Wildman–Crippen LogP) is 9.44. The van der Waals surface area contributed by atoms with Crippen LogP contribution in [0.3, 0.4) is 0 Å². The van der Waals surface area contributed by atoms with Gasteiger partial charge in [-0.05, 0) is 63.9 Å². The highest BCUT2D eigenvalue weighted by molar-refractivity contribution is 5.69. The number of carboxylic acid groups (broad SMARTS) is 1. The minimum atomic E-state index is -0.780. The molecule has 204 valence electrons. The first-order valence-electron chi connectivity index (χ1n) is 14.3. The molecule has 0 aromatic heterocycles. The van der Waals surface area contributed by atoms with Crippen molar-refractivity contribution in [1.29, 1.82) is 0 Å². The molecule has 4 heteroatoms. The summed E-state index contributed by atoms with van der Waals surface area (Å²) in [6.07, 6.45) is 36.6. The van der Waals surface area contributed by atoms with Crippen LogP contribution < -0.4 is 0 Å². The molecule has 0 bridgehead atoms. The highest BCUT2D eigenvalue weighted by atomic mass is 16.5. The van der Waals surface area contributed by atoms with E-state index in [-0.39, 0.29) is 18.5 Å². The maximum atomic E-state index is 12.3. The van der Waals surface area contributed by atoms with Crippen molar-refractivity contribution in [3.8, 4) is 0 Å². The summed E-state index contributed by atoms with van der Waals surface area (Å²) in [5.74, 6) is -0.926. The van der Waals surface area contributed by atoms with Gasteiger partial charge in [-0.15, -0.1) is 0 Å². The van der Waals surface area contributed by atoms with Gasteiger partial charge in [0.2, 0.25) is 0 Å². The van der Waals surface area contributed by atoms with Crippen molar-refractivity contribution in [2.75, 3.05) is 0 Å². The molecule has 0 saturated heterocycles. The number of hydrogen-bond donors (Lipinski definition) is 1. The standard InChI is InChI=1S/C32H52O4/c1-3-5-7-9-11-12-13-14-15-16-17-19-20-22-26-30(27-24-25-28-31(33)34)36-32(35)29-23-21-18-10-8-6-4-2/h5,7,11-12,14-15,17,19,22,26,30H,3-4,6,8-10,13,16,18,20-21,23-25,27-29H2,1-2H3,(H,33,34)/b7-5-,12-11-,15-14-,19-17-,26-22-. The van der Waals surface area contributed by atoms with E-state index in [9.17, 15) is 9.59 Å². The van der Waals surface area contributed by atoms with Gasteiger partial charge in [-0.3, -0.25) is 9.59 Å². The van der Waals surface area contributed by atoms with Gasteiger partial charge in [-0.2, -0.15) is 0 Å². The Morgan fingerprint density at radius 2 is 1.14 bits per heavy atom. The third-order valence-electron chi connectivity index (χ3n) is 5.74. The second-order valence-electron chi connectivity index (χ2n) is 9.20. The summed E-state index contributed by atoms with van der Waals surface area (Å²) < 4.78 is 5.70. The lowest BCUT2D eigenvalue weighted by atomic mass is 10.1. The summed E-state index contributed by atoms with van der Waals surface area (Å²) in [6.45, 7) is 4.36. The van der Waals surface area contributed by atoms with Crippen molar-refractivity contribution < 1.29 is 19.4 Å². The molecule has 0 aromatic rings. The van der Waals surface area contributed by atoms with Crippen molar-refractivity contribution in [2.24, 2.45) is 0 Å². The molecule has 0 rings (SSSR count). The summed E-state index contributed by atoms with van der Waals surface area (Å²) in [5.41, 5.74) is 0. The van der Waals surface area contributed by atoms with Crippen molar-refractivity contribution >= 4 is 11.9 Å². The molecule has 1 unspecified atom stereocenters. The number of unbranched alkanes of at least 4 members (excludes halogenated alkanes) is 7. The molecule has 0 radical (unpaired) electrons. The molecule has 0 aliphatic heterocycles. The third-order valence-corrected chi connectivity index (χ3v) is 5.74. The van der Waals surface area contributed by atoms with E-state index in [1.165, 1.54) is 32.1 Å². The van der Waals surface area contributed by atoms with E-state index in [2.05, 4.69) is 62.5 Å². The second kappa shape index (κ2) is 27.2. The monoisotopic (exact) mass is 500 g/mol. The molecule has 0 aliphatic rings. The van der Waals surface area contributed by atoms with E-state index < -0.39 is 5.97 Å². The number of allylic oxidation sites excluding steroid dienone is 9. The maximum Gasteiger partial charge on any atom is 0.306 e. The molecule has 0 fully saturated rings. The number of rotatable bonds is 24. The van der Waals surface area contributed by atoms with E-state index in [0.29, 0.717) is 19.3 Å². The molecule has 0 saturated carbocycles. The van der Waals surface area contributed by atoms with Crippen molar-refractivity contribution in [2.45, 2.75) is 129 Å². The Bertz CT molecular complexity index is 670. The van der Waals surface area contributed by atoms with Crippen LogP contribution >= 0.6 is 0 Å². The van der Waals surface area contributed by atoms with Crippen LogP contribution in [0.4, 0.5) is 0 Å². The number of hydrogen-bond acceptors (Lipinski definition) is 3. The first-order chi connectivity index (χ1) is 17.6. The number of carbonyl (C=O) groups is 2. The van der Waals surface area contributed by atoms with Gasteiger partial charge in [0.25, 0.3) is 0 Å². The Balaban J connectivity index is 4.28. The fourth-order valence-electron chi connectivity index (χ4n) is 3.66. The zero-order valence-corrected chi connectivity index (χ0v) is 23.0. The molecule has 1 atom stereocenters. The largest absolute Gasteiger partial charge is 0.481 e. The zero-order valence-electron chi connectivity index (χ0n) is 23.0. The third kappa shape index (κ3) is 26.2. The van der Waals surface area contributed by atoms with Gasteiger partial charge < -0.3 is 9.84 Å². The van der Waals surface area contributed by atoms with Gasteiger partial charge in [-0.25, -0.2) is 0 Å². The van der Waals surface area contributed by atoms with Gasteiger partial charge in [0, 0.05) is 12.8 Å². The number of esters is 1. The van der Waals surface area contributed by atoms with E-state index in [4.69, 9.17) is 9.84 Å². The average Bonchev–Trinajstić information content (AvgIpc) is 2.85. The molecule has 0 aliphatic carbocycles. The van der Waals surface area contributed by atoms with E-state index in [1.54, 1.807) is 0 Å². The SMILES string of the molecule is CC/C=C\C/C=C\C/C=C\C/C=C\C/C=C\C(CCCCC(=O)O)OC(=O)CCCCCCCCC. The zero-order chi connectivity index (χ0) is 26.5. The first-order valence-corrected chi connectivity index (χ1v) is 14.3. The Hall–Kier alpha value is -2.36. The van der Waals surface area contributed by atoms with Crippen LogP contribution in [0.2, 0.25) is 0 Å². The number of ether oxygens (including phenoxy) is 1. The molecule has 0 spiro atoms. The van der Waals surface area contributed by atoms with Crippen LogP contribution in [0, 0.1) is 0 Å². The Kier molecular flexibility index (Phi) is 25.4. The lowest BCUT2D eigenvalue weighted by Crippen LogP contribution is -2.16. The molecule has 4 nitrogen and oxygen atoms in total. The minimum absolute atomic E-state index is 0.146. The second-order valence-corrected chi connectivity index (χ2v) is 9.20. The Morgan fingerprint density at radius 1 is 0.639 bits per heavy atom. The highest BCUT2D eigenvalue weighted by Crippen LogP contribution is 2.13. The number of carboxylic acids is 1. The molecule has 0 aromatic carbocycles. The smallest absolute Gasteiger partial charge is 0.306 e. The maximum absolute atomic E-state index is 12.3. The van der Waals surface area contributed by atoms with Crippen molar-refractivity contribution in [3.63, 3.8) is 0 Å². The predicted molar refractivity (Wildman–Crippen MR) is 153 cm³/mol. The van der Waals surface area contributed by atoms with E-state index >= 15 is 0 Å². The van der Waals surface area contributed by atoms with Crippen molar-refractivity contribution in [1.82, 2.24) is 0 Å². The molecular weight excluding hydrogens is 448 g/mol. The van der Waals surface area contributed by atoms with E-state index in [0.717, 1.165) is 51.4 Å². The summed E-state index contributed by atoms with van der Waals surface area (Å²) in [5, 5.41) is 8.84. The first kappa shape index (κ1) is 33.6. The van der Waals surface area contributed by atoms with Crippen LogP contribution in [-0.4, -0.2) is 23.1 Å². The highest BCUT2D eigenvalue weighted by Gasteiger charge is 2.11. The van der Waals surface area contributed by atoms with Crippen molar-refractivity contribution in [3.05, 3.63) is 60.8 Å². The average molecular weight is 501 g/mol. The fraction of sp³-hybridized carbons (Fsp3) is 0.625. The Morgan fingerprint density at radius 3 is 1.69 bits per heavy atom. The topological polar surface area (TPSA) is 63.6 Å². The van der Waals surface area contributed by atoms with Crippen LogP contribution in [0.5, 0.6) is 0 Å². The number of aliphatic carboxylic acids is 1. The van der Waals surface area contributed by atoms with Crippen LogP contribution in [0.15, 0.2) is 60.8 Å². The Labute approximate surface area is 221 Å². The summed E-state index contributed by atoms with van der Waals surface area (Å²) in [4.78, 5) is 23.1. The van der Waals surface area contributed by atoms with Crippen LogP contribution in [0.1, 0.15) is 123 Å². The quantitative estimate of drug-likeness (QED) is 0.0814. The lowest BCUT2D eigenvalue weighted by Gasteiger charge is -2.14. The van der Waals surface area contributed by atoms with Gasteiger partial charge in [0.15, 0.2) is 0 Å².